The number of hydrogen-bond acceptors (Lipinski definition) is 5. The maximum absolute atomic E-state index is 12.6. The summed E-state index contributed by atoms with van der Waals surface area (Å²) in [5.74, 6) is -1.78. The summed E-state index contributed by atoms with van der Waals surface area (Å²) in [5.41, 5.74) is 4.16. The van der Waals surface area contributed by atoms with E-state index in [1.165, 1.54) is 4.90 Å². The van der Waals surface area contributed by atoms with Gasteiger partial charge in [-0.05, 0) is 52.9 Å². The van der Waals surface area contributed by atoms with Crippen LogP contribution in [0.3, 0.4) is 0 Å². The summed E-state index contributed by atoms with van der Waals surface area (Å²) in [5, 5.41) is 21.6. The minimum absolute atomic E-state index is 0.0461. The molecule has 178 valence electrons. The van der Waals surface area contributed by atoms with Gasteiger partial charge in [0, 0.05) is 17.2 Å². The van der Waals surface area contributed by atoms with Gasteiger partial charge in [-0.3, -0.25) is 10.1 Å². The van der Waals surface area contributed by atoms with E-state index in [9.17, 15) is 19.5 Å². The first-order valence-electron chi connectivity index (χ1n) is 11.2. The zero-order valence-electron chi connectivity index (χ0n) is 19.0. The molecule has 0 aromatic heterocycles. The van der Waals surface area contributed by atoms with E-state index in [2.05, 4.69) is 29.6 Å². The monoisotopic (exact) mass is 472 g/mol. The van der Waals surface area contributed by atoms with Crippen LogP contribution < -0.4 is 5.32 Å². The summed E-state index contributed by atoms with van der Waals surface area (Å²) < 4.78 is 5.58. The lowest BCUT2D eigenvalue weighted by molar-refractivity contribution is -0.173. The number of anilines is 1. The van der Waals surface area contributed by atoms with Crippen LogP contribution >= 0.6 is 0 Å². The van der Waals surface area contributed by atoms with Gasteiger partial charge < -0.3 is 19.8 Å². The second-order valence-corrected chi connectivity index (χ2v) is 8.98. The molecule has 1 aliphatic carbocycles. The third kappa shape index (κ3) is 4.02. The van der Waals surface area contributed by atoms with E-state index >= 15 is 0 Å². The van der Waals surface area contributed by atoms with Crippen LogP contribution in [-0.4, -0.2) is 58.4 Å². The lowest BCUT2D eigenvalue weighted by atomic mass is 9.93. The number of aliphatic carboxylic acids is 1. The summed E-state index contributed by atoms with van der Waals surface area (Å²) >= 11 is 0. The number of rotatable bonds is 5. The molecule has 0 spiro atoms. The number of likely N-dealkylation sites (tertiary alicyclic amines) is 1. The molecule has 2 aliphatic rings. The number of carboxylic acids is 1. The minimum Gasteiger partial charge on any atom is -0.479 e. The summed E-state index contributed by atoms with van der Waals surface area (Å²) in [4.78, 5) is 37.4. The number of carboxylic acid groups (broad SMARTS) is 1. The molecule has 5 rings (SSSR count). The summed E-state index contributed by atoms with van der Waals surface area (Å²) in [6.45, 7) is 1.41. The molecule has 3 aromatic rings. The Morgan fingerprint density at radius 2 is 1.60 bits per heavy atom. The van der Waals surface area contributed by atoms with E-state index in [-0.39, 0.29) is 31.5 Å². The van der Waals surface area contributed by atoms with E-state index in [4.69, 9.17) is 9.84 Å². The molecule has 0 saturated carbocycles. The molecule has 3 aromatic carbocycles. The molecule has 8 nitrogen and oxygen atoms in total. The number of ether oxygens (including phenoxy) is 1. The molecule has 0 bridgehead atoms. The zero-order valence-corrected chi connectivity index (χ0v) is 19.0. The zero-order chi connectivity index (χ0) is 24.7. The quantitative estimate of drug-likeness (QED) is 0.522. The van der Waals surface area contributed by atoms with Gasteiger partial charge in [0.2, 0.25) is 0 Å². The fourth-order valence-electron chi connectivity index (χ4n) is 4.73. The molecule has 3 N–H and O–H groups in total. The molecule has 1 fully saturated rings. The predicted molar refractivity (Wildman–Crippen MR) is 128 cm³/mol. The number of benzene rings is 3. The Morgan fingerprint density at radius 3 is 2.17 bits per heavy atom. The molecule has 35 heavy (non-hydrogen) atoms. The second-order valence-electron chi connectivity index (χ2n) is 8.98. The summed E-state index contributed by atoms with van der Waals surface area (Å²) in [6, 6.07) is 21.0. The topological polar surface area (TPSA) is 116 Å². The Hall–Kier alpha value is -4.17. The van der Waals surface area contributed by atoms with Crippen LogP contribution in [0.5, 0.6) is 0 Å². The van der Waals surface area contributed by atoms with Crippen LogP contribution in [0.2, 0.25) is 0 Å². The maximum atomic E-state index is 12.6. The van der Waals surface area contributed by atoms with Crippen molar-refractivity contribution in [2.45, 2.75) is 18.4 Å². The van der Waals surface area contributed by atoms with Gasteiger partial charge in [-0.15, -0.1) is 0 Å². The van der Waals surface area contributed by atoms with Crippen molar-refractivity contribution in [3.63, 3.8) is 0 Å². The fourth-order valence-corrected chi connectivity index (χ4v) is 4.73. The average molecular weight is 472 g/mol. The highest BCUT2D eigenvalue weighted by Gasteiger charge is 2.50. The normalized spacial score (nSPS) is 15.5. The fraction of sp³-hybridized carbons (Fsp3) is 0.222. The molecule has 2 amide bonds. The average Bonchev–Trinajstić information content (AvgIpc) is 3.15. The number of carbonyl (C=O) groups is 3. The van der Waals surface area contributed by atoms with E-state index in [1.54, 1.807) is 25.1 Å². The third-order valence-corrected chi connectivity index (χ3v) is 6.64. The number of amides is 2. The van der Waals surface area contributed by atoms with Crippen molar-refractivity contribution < 1.29 is 29.3 Å². The smallest absolute Gasteiger partial charge is 0.411 e. The van der Waals surface area contributed by atoms with Crippen molar-refractivity contribution in [1.82, 2.24) is 4.90 Å². The largest absolute Gasteiger partial charge is 0.479 e. The maximum Gasteiger partial charge on any atom is 0.411 e. The van der Waals surface area contributed by atoms with Gasteiger partial charge in [0.05, 0.1) is 13.1 Å². The van der Waals surface area contributed by atoms with Crippen molar-refractivity contribution in [2.75, 3.05) is 25.0 Å². The first-order valence-corrected chi connectivity index (χ1v) is 11.2. The van der Waals surface area contributed by atoms with E-state index < -0.39 is 17.7 Å². The SMILES string of the molecule is Cc1cc(C(=O)N2CC(O)(C(=O)O)C2)ccc1NC(=O)OCC1c2ccccc2-c2ccccc21. The number of nitrogens with one attached hydrogen (secondary N) is 1. The van der Waals surface area contributed by atoms with Crippen molar-refractivity contribution in [3.05, 3.63) is 89.0 Å². The van der Waals surface area contributed by atoms with E-state index in [0.717, 1.165) is 22.3 Å². The van der Waals surface area contributed by atoms with Gasteiger partial charge in [-0.1, -0.05) is 48.5 Å². The lowest BCUT2D eigenvalue weighted by Gasteiger charge is -2.43. The van der Waals surface area contributed by atoms with Crippen LogP contribution in [0.4, 0.5) is 10.5 Å². The lowest BCUT2D eigenvalue weighted by Crippen LogP contribution is -2.67. The highest BCUT2D eigenvalue weighted by atomic mass is 16.5. The minimum atomic E-state index is -1.89. The third-order valence-electron chi connectivity index (χ3n) is 6.64. The van der Waals surface area contributed by atoms with Gasteiger partial charge in [0.15, 0.2) is 5.60 Å². The number of β-amino-alcohol motifs (C(OH)–C–C–N with tert-alkyl or cyclic N) is 1. The Kier molecular flexibility index (Phi) is 5.53. The highest BCUT2D eigenvalue weighted by molar-refractivity contribution is 5.98. The van der Waals surface area contributed by atoms with Crippen LogP contribution in [0.25, 0.3) is 11.1 Å². The number of carbonyl (C=O) groups excluding carboxylic acids is 2. The molecular formula is C27H24N2O6. The molecule has 0 radical (unpaired) electrons. The number of hydrogen-bond donors (Lipinski definition) is 3. The van der Waals surface area contributed by atoms with Crippen LogP contribution in [0.1, 0.15) is 33.0 Å². The molecule has 1 heterocycles. The summed E-state index contributed by atoms with van der Waals surface area (Å²) in [6.07, 6.45) is -0.594. The van der Waals surface area contributed by atoms with Gasteiger partial charge in [-0.25, -0.2) is 9.59 Å². The first kappa shape index (κ1) is 22.6. The number of fused-ring (bicyclic) bond motifs is 3. The highest BCUT2D eigenvalue weighted by Crippen LogP contribution is 2.44. The summed E-state index contributed by atoms with van der Waals surface area (Å²) in [7, 11) is 0. The van der Waals surface area contributed by atoms with Gasteiger partial charge in [-0.2, -0.15) is 0 Å². The van der Waals surface area contributed by atoms with Crippen molar-refractivity contribution in [3.8, 4) is 11.1 Å². The van der Waals surface area contributed by atoms with Gasteiger partial charge in [0.1, 0.15) is 6.61 Å². The number of aliphatic hydroxyl groups is 1. The number of aryl methyl sites for hydroxylation is 1. The first-order chi connectivity index (χ1) is 16.8. The van der Waals surface area contributed by atoms with Crippen molar-refractivity contribution >= 4 is 23.7 Å². The van der Waals surface area contributed by atoms with Crippen LogP contribution in [-0.2, 0) is 9.53 Å². The molecule has 0 unspecified atom stereocenters. The van der Waals surface area contributed by atoms with Crippen LogP contribution in [0.15, 0.2) is 66.7 Å². The Morgan fingerprint density at radius 1 is 1.00 bits per heavy atom. The van der Waals surface area contributed by atoms with Crippen molar-refractivity contribution in [2.24, 2.45) is 0 Å². The van der Waals surface area contributed by atoms with Crippen molar-refractivity contribution in [1.29, 1.82) is 0 Å². The standard InChI is InChI=1S/C27H24N2O6/c1-16-12-17(24(30)29-14-27(34,15-29)25(31)32)10-11-23(16)28-26(33)35-13-22-20-8-4-2-6-18(20)19-7-3-5-9-21(19)22/h2-12,22,34H,13-15H2,1H3,(H,28,33)(H,31,32). The Labute approximate surface area is 201 Å². The van der Waals surface area contributed by atoms with Gasteiger partial charge >= 0.3 is 12.1 Å². The molecule has 0 atom stereocenters. The van der Waals surface area contributed by atoms with Gasteiger partial charge in [0.25, 0.3) is 5.91 Å². The number of nitrogens with zero attached hydrogens (tertiary/aromatic N) is 1. The molecule has 1 aliphatic heterocycles. The molecule has 8 heteroatoms. The Bertz CT molecular complexity index is 1300. The van der Waals surface area contributed by atoms with Crippen LogP contribution in [0, 0.1) is 6.92 Å². The van der Waals surface area contributed by atoms with E-state index in [1.807, 2.05) is 24.3 Å². The predicted octanol–water partition coefficient (Wildman–Crippen LogP) is 3.63. The van der Waals surface area contributed by atoms with E-state index in [0.29, 0.717) is 16.8 Å². The second kappa shape index (κ2) is 8.56. The molecule has 1 saturated heterocycles. The molecular weight excluding hydrogens is 448 g/mol. The Balaban J connectivity index is 1.22.